The van der Waals surface area contributed by atoms with Gasteiger partial charge >= 0.3 is 0 Å². The quantitative estimate of drug-likeness (QED) is 0.382. The fourth-order valence-corrected chi connectivity index (χ4v) is 4.71. The fourth-order valence-electron chi connectivity index (χ4n) is 3.85. The molecule has 9 heteroatoms. The summed E-state index contributed by atoms with van der Waals surface area (Å²) in [5.74, 6) is 2.76. The molecule has 5 rings (SSSR count). The third-order valence-electron chi connectivity index (χ3n) is 5.83. The number of thioether (sulfide) groups is 1. The summed E-state index contributed by atoms with van der Waals surface area (Å²) in [6, 6.07) is 18.3. The number of benzene rings is 3. The second-order valence-corrected chi connectivity index (χ2v) is 9.48. The highest BCUT2D eigenvalue weighted by molar-refractivity contribution is 8.15. The van der Waals surface area contributed by atoms with Crippen LogP contribution in [0.2, 0.25) is 0 Å². The number of fused-ring (bicyclic) bond motifs is 1. The van der Waals surface area contributed by atoms with Crippen molar-refractivity contribution in [1.29, 1.82) is 0 Å². The normalized spacial score (nSPS) is 15.4. The summed E-state index contributed by atoms with van der Waals surface area (Å²) in [5.41, 5.74) is 3.44. The van der Waals surface area contributed by atoms with Crippen LogP contribution in [0.1, 0.15) is 17.0 Å². The maximum Gasteiger partial charge on any atom is 0.286 e. The lowest BCUT2D eigenvalue weighted by Gasteiger charge is -2.09. The molecular formula is C26H23N3O5S. The summed E-state index contributed by atoms with van der Waals surface area (Å²) in [4.78, 5) is 27.8. The highest BCUT2D eigenvalue weighted by Crippen LogP contribution is 2.29. The molecule has 1 aliphatic heterocycles. The summed E-state index contributed by atoms with van der Waals surface area (Å²) in [6.45, 7) is 2.11. The van der Waals surface area contributed by atoms with E-state index in [-0.39, 0.29) is 28.8 Å². The van der Waals surface area contributed by atoms with E-state index in [2.05, 4.69) is 10.3 Å². The topological polar surface area (TPSA) is 103 Å². The van der Waals surface area contributed by atoms with Crippen molar-refractivity contribution < 1.29 is 24.2 Å². The SMILES string of the molecule is Cc1cc(Oc2ccc3nc(COc4ccc(CC5SC(=O)NC5=O)cc4)n(C)c3c2)ccc1O. The number of carbonyl (C=O) groups excluding carboxylic acids is 2. The van der Waals surface area contributed by atoms with E-state index >= 15 is 0 Å². The zero-order valence-corrected chi connectivity index (χ0v) is 20.0. The molecule has 4 aromatic rings. The molecule has 1 saturated heterocycles. The Bertz CT molecular complexity index is 1430. The Hall–Kier alpha value is -3.98. The number of aromatic nitrogens is 2. The number of phenols is 1. The average Bonchev–Trinajstić information content (AvgIpc) is 3.33. The molecule has 0 radical (unpaired) electrons. The van der Waals surface area contributed by atoms with E-state index < -0.39 is 0 Å². The number of hydrogen-bond donors (Lipinski definition) is 2. The summed E-state index contributed by atoms with van der Waals surface area (Å²) >= 11 is 1.03. The smallest absolute Gasteiger partial charge is 0.286 e. The van der Waals surface area contributed by atoms with Crippen molar-refractivity contribution in [2.75, 3.05) is 0 Å². The lowest BCUT2D eigenvalue weighted by atomic mass is 10.1. The monoisotopic (exact) mass is 489 g/mol. The molecule has 1 atom stereocenters. The number of phenolic OH excluding ortho intramolecular Hbond substituents is 1. The van der Waals surface area contributed by atoms with Gasteiger partial charge in [0.2, 0.25) is 5.91 Å². The number of carbonyl (C=O) groups is 2. The second-order valence-electron chi connectivity index (χ2n) is 8.31. The van der Waals surface area contributed by atoms with Crippen molar-refractivity contribution in [3.8, 4) is 23.0 Å². The number of ether oxygens (including phenoxy) is 2. The number of aromatic hydroxyl groups is 1. The highest BCUT2D eigenvalue weighted by Gasteiger charge is 2.31. The molecular weight excluding hydrogens is 466 g/mol. The van der Waals surface area contributed by atoms with E-state index in [1.807, 2.05) is 61.0 Å². The number of hydrogen-bond acceptors (Lipinski definition) is 7. The van der Waals surface area contributed by atoms with Gasteiger partial charge in [-0.05, 0) is 66.9 Å². The van der Waals surface area contributed by atoms with Gasteiger partial charge in [-0.2, -0.15) is 0 Å². The molecule has 8 nitrogen and oxygen atoms in total. The van der Waals surface area contributed by atoms with Crippen LogP contribution in [0.25, 0.3) is 11.0 Å². The van der Waals surface area contributed by atoms with Crippen LogP contribution in [0.5, 0.6) is 23.0 Å². The van der Waals surface area contributed by atoms with Crippen LogP contribution in [0.3, 0.4) is 0 Å². The van der Waals surface area contributed by atoms with Crippen molar-refractivity contribution in [2.24, 2.45) is 7.05 Å². The average molecular weight is 490 g/mol. The zero-order valence-electron chi connectivity index (χ0n) is 19.1. The molecule has 0 bridgehead atoms. The van der Waals surface area contributed by atoms with E-state index in [0.717, 1.165) is 39.7 Å². The van der Waals surface area contributed by atoms with Crippen molar-refractivity contribution in [3.05, 3.63) is 77.6 Å². The molecule has 2 heterocycles. The third kappa shape index (κ3) is 4.95. The molecule has 1 fully saturated rings. The zero-order chi connectivity index (χ0) is 24.5. The first kappa shape index (κ1) is 22.8. The second kappa shape index (κ2) is 9.34. The molecule has 3 aromatic carbocycles. The van der Waals surface area contributed by atoms with Gasteiger partial charge in [-0.25, -0.2) is 4.98 Å². The maximum atomic E-state index is 11.8. The van der Waals surface area contributed by atoms with E-state index in [0.29, 0.717) is 23.7 Å². The summed E-state index contributed by atoms with van der Waals surface area (Å²) in [7, 11) is 1.93. The Morgan fingerprint density at radius 3 is 2.46 bits per heavy atom. The lowest BCUT2D eigenvalue weighted by Crippen LogP contribution is -2.25. The number of nitrogens with one attached hydrogen (secondary N) is 1. The van der Waals surface area contributed by atoms with Gasteiger partial charge in [-0.3, -0.25) is 14.9 Å². The number of imidazole rings is 1. The van der Waals surface area contributed by atoms with Gasteiger partial charge in [0.25, 0.3) is 5.24 Å². The van der Waals surface area contributed by atoms with Crippen LogP contribution in [-0.2, 0) is 24.9 Å². The van der Waals surface area contributed by atoms with E-state index in [9.17, 15) is 14.7 Å². The van der Waals surface area contributed by atoms with Gasteiger partial charge in [0, 0.05) is 13.1 Å². The van der Waals surface area contributed by atoms with Crippen LogP contribution in [-0.4, -0.2) is 31.1 Å². The van der Waals surface area contributed by atoms with Crippen LogP contribution in [0, 0.1) is 6.92 Å². The van der Waals surface area contributed by atoms with Crippen molar-refractivity contribution >= 4 is 33.9 Å². The Morgan fingerprint density at radius 2 is 1.74 bits per heavy atom. The van der Waals surface area contributed by atoms with E-state index in [1.165, 1.54) is 0 Å². The summed E-state index contributed by atoms with van der Waals surface area (Å²) in [6.07, 6.45) is 0.487. The Kier molecular flexibility index (Phi) is 6.08. The molecule has 1 aromatic heterocycles. The van der Waals surface area contributed by atoms with E-state index in [4.69, 9.17) is 9.47 Å². The fraction of sp³-hybridized carbons (Fsp3) is 0.192. The van der Waals surface area contributed by atoms with E-state index in [1.54, 1.807) is 18.2 Å². The number of imide groups is 1. The van der Waals surface area contributed by atoms with Gasteiger partial charge in [-0.1, -0.05) is 23.9 Å². The first-order valence-electron chi connectivity index (χ1n) is 11.0. The minimum atomic E-state index is -0.388. The predicted octanol–water partition coefficient (Wildman–Crippen LogP) is 4.85. The Labute approximate surface area is 205 Å². The van der Waals surface area contributed by atoms with Crippen LogP contribution >= 0.6 is 11.8 Å². The number of amides is 2. The van der Waals surface area contributed by atoms with Crippen LogP contribution in [0.4, 0.5) is 4.79 Å². The lowest BCUT2D eigenvalue weighted by molar-refractivity contribution is -0.118. The molecule has 35 heavy (non-hydrogen) atoms. The molecule has 0 spiro atoms. The third-order valence-corrected chi connectivity index (χ3v) is 6.81. The molecule has 1 aliphatic rings. The van der Waals surface area contributed by atoms with Gasteiger partial charge in [0.15, 0.2) is 0 Å². The Balaban J connectivity index is 1.24. The van der Waals surface area contributed by atoms with Crippen molar-refractivity contribution in [2.45, 2.75) is 25.2 Å². The minimum Gasteiger partial charge on any atom is -0.508 e. The molecule has 0 aliphatic carbocycles. The molecule has 2 N–H and O–H groups in total. The predicted molar refractivity (Wildman–Crippen MR) is 133 cm³/mol. The van der Waals surface area contributed by atoms with Crippen LogP contribution < -0.4 is 14.8 Å². The number of aryl methyl sites for hydroxylation is 2. The van der Waals surface area contributed by atoms with Crippen molar-refractivity contribution in [3.63, 3.8) is 0 Å². The van der Waals surface area contributed by atoms with Gasteiger partial charge in [-0.15, -0.1) is 0 Å². The maximum absolute atomic E-state index is 11.8. The number of nitrogens with zero attached hydrogens (tertiary/aromatic N) is 2. The van der Waals surface area contributed by atoms with Gasteiger partial charge in [0.1, 0.15) is 35.4 Å². The first-order valence-corrected chi connectivity index (χ1v) is 11.9. The summed E-state index contributed by atoms with van der Waals surface area (Å²) in [5, 5.41) is 11.3. The molecule has 178 valence electrons. The Morgan fingerprint density at radius 1 is 1.03 bits per heavy atom. The largest absolute Gasteiger partial charge is 0.508 e. The molecule has 0 saturated carbocycles. The highest BCUT2D eigenvalue weighted by atomic mass is 32.2. The van der Waals surface area contributed by atoms with Crippen LogP contribution in [0.15, 0.2) is 60.7 Å². The van der Waals surface area contributed by atoms with Gasteiger partial charge in [0.05, 0.1) is 16.3 Å². The first-order chi connectivity index (χ1) is 16.9. The van der Waals surface area contributed by atoms with Gasteiger partial charge < -0.3 is 19.1 Å². The number of rotatable bonds is 7. The standard InChI is InChI=1S/C26H23N3O5S/c1-15-11-18(8-10-22(15)30)34-19-7-9-20-21(13-19)29(2)24(27-20)14-33-17-5-3-16(4-6-17)12-23-25(31)28-26(32)35-23/h3-11,13,23,30H,12,14H2,1-2H3,(H,28,31,32). The summed E-state index contributed by atoms with van der Waals surface area (Å²) < 4.78 is 13.9. The molecule has 1 unspecified atom stereocenters. The van der Waals surface area contributed by atoms with Crippen molar-refractivity contribution in [1.82, 2.24) is 14.9 Å². The molecule has 2 amide bonds. The minimum absolute atomic E-state index is 0.232.